The van der Waals surface area contributed by atoms with Gasteiger partial charge in [0.05, 0.1) is 18.1 Å². The smallest absolute Gasteiger partial charge is 0.342 e. The number of phenols is 1. The van der Waals surface area contributed by atoms with E-state index in [2.05, 4.69) is 5.32 Å². The first-order chi connectivity index (χ1) is 12.7. The highest BCUT2D eigenvalue weighted by Crippen LogP contribution is 2.29. The molecule has 0 heterocycles. The second kappa shape index (κ2) is 8.17. The van der Waals surface area contributed by atoms with Crippen molar-refractivity contribution >= 4 is 23.3 Å². The predicted molar refractivity (Wildman–Crippen MR) is 96.0 cm³/mol. The van der Waals surface area contributed by atoms with Crippen molar-refractivity contribution in [3.8, 4) is 11.5 Å². The number of benzene rings is 2. The summed E-state index contributed by atoms with van der Waals surface area (Å²) in [6.45, 7) is 3.05. The zero-order chi connectivity index (χ0) is 20.1. The van der Waals surface area contributed by atoms with Gasteiger partial charge in [0, 0.05) is 0 Å². The maximum Gasteiger partial charge on any atom is 0.342 e. The van der Waals surface area contributed by atoms with Gasteiger partial charge in [0.15, 0.2) is 6.10 Å². The van der Waals surface area contributed by atoms with E-state index in [-0.39, 0.29) is 28.4 Å². The van der Waals surface area contributed by atoms with Gasteiger partial charge in [0.2, 0.25) is 0 Å². The Morgan fingerprint density at radius 3 is 2.56 bits per heavy atom. The van der Waals surface area contributed by atoms with E-state index >= 15 is 0 Å². The van der Waals surface area contributed by atoms with Crippen LogP contribution >= 0.6 is 0 Å². The van der Waals surface area contributed by atoms with Gasteiger partial charge in [-0.25, -0.2) is 4.79 Å². The standard InChI is InChI=1S/C18H18N2O7/c1-10-4-7-16(21)13(8-10)18(23)27-11(2)17(22)19-14-6-5-12(26-3)9-15(14)20(24)25/h4-9,11,21H,1-3H3,(H,19,22)/t11-/m1/s1. The highest BCUT2D eigenvalue weighted by molar-refractivity contribution is 5.99. The molecule has 2 rings (SSSR count). The van der Waals surface area contributed by atoms with E-state index in [4.69, 9.17) is 9.47 Å². The molecule has 0 spiro atoms. The minimum absolute atomic E-state index is 0.0629. The number of hydrogen-bond donors (Lipinski definition) is 2. The fourth-order valence-electron chi connectivity index (χ4n) is 2.22. The van der Waals surface area contributed by atoms with Crippen molar-refractivity contribution < 1.29 is 29.1 Å². The average molecular weight is 374 g/mol. The zero-order valence-corrected chi connectivity index (χ0v) is 14.9. The maximum atomic E-state index is 12.3. The van der Waals surface area contributed by atoms with Crippen LogP contribution in [0.1, 0.15) is 22.8 Å². The fourth-order valence-corrected chi connectivity index (χ4v) is 2.22. The quantitative estimate of drug-likeness (QED) is 0.452. The molecule has 0 aliphatic rings. The predicted octanol–water partition coefficient (Wildman–Crippen LogP) is 2.80. The van der Waals surface area contributed by atoms with Crippen LogP contribution < -0.4 is 10.1 Å². The third-order valence-corrected chi connectivity index (χ3v) is 3.68. The van der Waals surface area contributed by atoms with Gasteiger partial charge in [-0.3, -0.25) is 14.9 Å². The van der Waals surface area contributed by atoms with Crippen LogP contribution in [0.25, 0.3) is 0 Å². The molecule has 0 aliphatic carbocycles. The third-order valence-electron chi connectivity index (χ3n) is 3.68. The van der Waals surface area contributed by atoms with Crippen molar-refractivity contribution in [2.75, 3.05) is 12.4 Å². The van der Waals surface area contributed by atoms with Crippen LogP contribution in [0.2, 0.25) is 0 Å². The summed E-state index contributed by atoms with van der Waals surface area (Å²) in [5.74, 6) is -1.66. The van der Waals surface area contributed by atoms with Gasteiger partial charge in [-0.1, -0.05) is 11.6 Å². The van der Waals surface area contributed by atoms with Crippen LogP contribution in [0.4, 0.5) is 11.4 Å². The monoisotopic (exact) mass is 374 g/mol. The lowest BCUT2D eigenvalue weighted by molar-refractivity contribution is -0.384. The highest BCUT2D eigenvalue weighted by Gasteiger charge is 2.24. The second-order valence-electron chi connectivity index (χ2n) is 5.70. The van der Waals surface area contributed by atoms with E-state index in [9.17, 15) is 24.8 Å². The molecule has 0 unspecified atom stereocenters. The molecule has 9 heteroatoms. The summed E-state index contributed by atoms with van der Waals surface area (Å²) < 4.78 is 9.97. The lowest BCUT2D eigenvalue weighted by atomic mass is 10.1. The maximum absolute atomic E-state index is 12.3. The summed E-state index contributed by atoms with van der Waals surface area (Å²) in [6, 6.07) is 8.32. The third kappa shape index (κ3) is 4.72. The van der Waals surface area contributed by atoms with Crippen molar-refractivity contribution in [1.82, 2.24) is 0 Å². The molecule has 1 amide bonds. The molecule has 0 aliphatic heterocycles. The van der Waals surface area contributed by atoms with E-state index in [0.29, 0.717) is 0 Å². The molecule has 27 heavy (non-hydrogen) atoms. The number of phenolic OH excluding ortho intramolecular Hbond substituents is 1. The minimum Gasteiger partial charge on any atom is -0.507 e. The largest absolute Gasteiger partial charge is 0.507 e. The molecular weight excluding hydrogens is 356 g/mol. The first kappa shape index (κ1) is 19.7. The van der Waals surface area contributed by atoms with Gasteiger partial charge in [-0.2, -0.15) is 0 Å². The number of hydrogen-bond acceptors (Lipinski definition) is 7. The molecule has 2 aromatic carbocycles. The number of rotatable bonds is 6. The first-order valence-corrected chi connectivity index (χ1v) is 7.86. The molecule has 9 nitrogen and oxygen atoms in total. The Morgan fingerprint density at radius 2 is 1.93 bits per heavy atom. The molecule has 1 atom stereocenters. The Labute approximate surface area is 154 Å². The van der Waals surface area contributed by atoms with Gasteiger partial charge in [-0.15, -0.1) is 0 Å². The van der Waals surface area contributed by atoms with Gasteiger partial charge in [0.1, 0.15) is 22.7 Å². The number of anilines is 1. The summed E-state index contributed by atoms with van der Waals surface area (Å²) >= 11 is 0. The highest BCUT2D eigenvalue weighted by atomic mass is 16.6. The van der Waals surface area contributed by atoms with Gasteiger partial charge in [-0.05, 0) is 38.1 Å². The number of esters is 1. The van der Waals surface area contributed by atoms with Gasteiger partial charge in [0.25, 0.3) is 11.6 Å². The first-order valence-electron chi connectivity index (χ1n) is 7.86. The molecular formula is C18H18N2O7. The summed E-state index contributed by atoms with van der Waals surface area (Å²) in [5, 5.41) is 23.3. The lowest BCUT2D eigenvalue weighted by Gasteiger charge is -2.14. The van der Waals surface area contributed by atoms with Crippen LogP contribution in [0, 0.1) is 17.0 Å². The van der Waals surface area contributed by atoms with Crippen LogP contribution in [0.15, 0.2) is 36.4 Å². The number of aromatic hydroxyl groups is 1. The number of carbonyl (C=O) groups excluding carboxylic acids is 2. The molecule has 0 saturated carbocycles. The van der Waals surface area contributed by atoms with Crippen molar-refractivity contribution in [2.24, 2.45) is 0 Å². The Bertz CT molecular complexity index is 895. The summed E-state index contributed by atoms with van der Waals surface area (Å²) in [5.41, 5.74) is 0.223. The Hall–Kier alpha value is -3.62. The van der Waals surface area contributed by atoms with Gasteiger partial charge < -0.3 is 19.9 Å². The average Bonchev–Trinajstić information content (AvgIpc) is 2.63. The molecule has 2 aromatic rings. The van der Waals surface area contributed by atoms with Crippen molar-refractivity contribution in [3.63, 3.8) is 0 Å². The molecule has 0 bridgehead atoms. The Balaban J connectivity index is 2.13. The van der Waals surface area contributed by atoms with Crippen molar-refractivity contribution in [3.05, 3.63) is 57.6 Å². The SMILES string of the molecule is COc1ccc(NC(=O)[C@@H](C)OC(=O)c2cc(C)ccc2O)c([N+](=O)[O-])c1. The summed E-state index contributed by atoms with van der Waals surface area (Å²) in [6.07, 6.45) is -1.25. The number of nitrogens with one attached hydrogen (secondary N) is 1. The Morgan fingerprint density at radius 1 is 1.22 bits per heavy atom. The summed E-state index contributed by atoms with van der Waals surface area (Å²) in [4.78, 5) is 34.9. The van der Waals surface area contributed by atoms with Crippen molar-refractivity contribution in [2.45, 2.75) is 20.0 Å². The molecule has 0 fully saturated rings. The lowest BCUT2D eigenvalue weighted by Crippen LogP contribution is -2.30. The summed E-state index contributed by atoms with van der Waals surface area (Å²) in [7, 11) is 1.36. The number of methoxy groups -OCH3 is 1. The van der Waals surface area contributed by atoms with E-state index < -0.39 is 22.9 Å². The molecule has 0 saturated heterocycles. The topological polar surface area (TPSA) is 128 Å². The molecule has 0 radical (unpaired) electrons. The number of nitro benzene ring substituents is 1. The fraction of sp³-hybridized carbons (Fsp3) is 0.222. The Kier molecular flexibility index (Phi) is 5.96. The van der Waals surface area contributed by atoms with Crippen LogP contribution in [-0.4, -0.2) is 35.1 Å². The number of nitro groups is 1. The minimum atomic E-state index is -1.25. The number of ether oxygens (including phenoxy) is 2. The number of carbonyl (C=O) groups is 2. The molecule has 142 valence electrons. The zero-order valence-electron chi connectivity index (χ0n) is 14.9. The van der Waals surface area contributed by atoms with E-state index in [1.807, 2.05) is 0 Å². The number of aryl methyl sites for hydroxylation is 1. The molecule has 0 aromatic heterocycles. The van der Waals surface area contributed by atoms with E-state index in [0.717, 1.165) is 11.6 Å². The second-order valence-corrected chi connectivity index (χ2v) is 5.70. The van der Waals surface area contributed by atoms with Gasteiger partial charge >= 0.3 is 5.97 Å². The van der Waals surface area contributed by atoms with Crippen LogP contribution in [-0.2, 0) is 9.53 Å². The number of amides is 1. The van der Waals surface area contributed by atoms with E-state index in [1.165, 1.54) is 38.3 Å². The molecule has 2 N–H and O–H groups in total. The van der Waals surface area contributed by atoms with Crippen molar-refractivity contribution in [1.29, 1.82) is 0 Å². The van der Waals surface area contributed by atoms with Crippen LogP contribution in [0.5, 0.6) is 11.5 Å². The number of nitrogens with zero attached hydrogens (tertiary/aromatic N) is 1. The van der Waals surface area contributed by atoms with Crippen LogP contribution in [0.3, 0.4) is 0 Å². The van der Waals surface area contributed by atoms with E-state index in [1.54, 1.807) is 13.0 Å². The normalized spacial score (nSPS) is 11.4.